The fourth-order valence-corrected chi connectivity index (χ4v) is 3.52. The molecule has 0 radical (unpaired) electrons. The van der Waals surface area contributed by atoms with E-state index in [2.05, 4.69) is 14.9 Å². The second-order valence-electron chi connectivity index (χ2n) is 4.40. The molecule has 0 amide bonds. The van der Waals surface area contributed by atoms with Crippen molar-refractivity contribution in [1.82, 2.24) is 9.97 Å². The maximum atomic E-state index is 9.39. The first-order valence-corrected chi connectivity index (χ1v) is 7.29. The summed E-state index contributed by atoms with van der Waals surface area (Å²) in [7, 11) is 0. The molecule has 2 aromatic rings. The largest absolute Gasteiger partial charge is 0.391 e. The fraction of sp³-hybridized carbons (Fsp3) is 0.500. The molecule has 1 fully saturated rings. The summed E-state index contributed by atoms with van der Waals surface area (Å²) in [5, 5.41) is 9.64. The van der Waals surface area contributed by atoms with E-state index in [4.69, 9.17) is 16.3 Å². The minimum absolute atomic E-state index is 0.0209. The van der Waals surface area contributed by atoms with Crippen LogP contribution in [0.4, 0.5) is 5.82 Å². The third kappa shape index (κ3) is 2.29. The number of aliphatic hydroxyl groups is 1. The van der Waals surface area contributed by atoms with Gasteiger partial charge in [0.05, 0.1) is 30.0 Å². The molecule has 3 heterocycles. The van der Waals surface area contributed by atoms with Gasteiger partial charge in [0, 0.05) is 18.0 Å². The molecule has 2 aromatic heterocycles. The first-order chi connectivity index (χ1) is 9.20. The Hall–Kier alpha value is -0.950. The third-order valence-corrected chi connectivity index (χ3v) is 4.70. The lowest BCUT2D eigenvalue weighted by Gasteiger charge is -2.28. The number of hydrogen-bond donors (Lipinski definition) is 1. The molecule has 0 unspecified atom stereocenters. The van der Waals surface area contributed by atoms with Crippen LogP contribution in [0.1, 0.15) is 10.4 Å². The van der Waals surface area contributed by atoms with Gasteiger partial charge in [0.1, 0.15) is 0 Å². The zero-order chi connectivity index (χ0) is 13.4. The third-order valence-electron chi connectivity index (χ3n) is 3.27. The fourth-order valence-electron chi connectivity index (χ4n) is 2.23. The number of hydrogen-bond acceptors (Lipinski definition) is 6. The highest BCUT2D eigenvalue weighted by atomic mass is 35.5. The van der Waals surface area contributed by atoms with E-state index in [1.807, 2.05) is 6.92 Å². The number of aromatic nitrogens is 2. The monoisotopic (exact) mass is 299 g/mol. The number of aryl methyl sites for hydroxylation is 1. The van der Waals surface area contributed by atoms with E-state index in [0.717, 1.165) is 39.6 Å². The molecule has 0 aromatic carbocycles. The van der Waals surface area contributed by atoms with Gasteiger partial charge < -0.3 is 14.7 Å². The van der Waals surface area contributed by atoms with Crippen LogP contribution in [-0.4, -0.2) is 41.4 Å². The molecule has 3 rings (SSSR count). The Kier molecular flexibility index (Phi) is 3.58. The number of fused-ring (bicyclic) bond motifs is 1. The highest BCUT2D eigenvalue weighted by Gasteiger charge is 2.20. The summed E-state index contributed by atoms with van der Waals surface area (Å²) in [6.45, 7) is 4.96. The van der Waals surface area contributed by atoms with Crippen molar-refractivity contribution in [3.63, 3.8) is 0 Å². The molecule has 7 heteroatoms. The van der Waals surface area contributed by atoms with E-state index in [1.165, 1.54) is 11.3 Å². The van der Waals surface area contributed by atoms with E-state index >= 15 is 0 Å². The molecule has 1 N–H and O–H groups in total. The van der Waals surface area contributed by atoms with Crippen molar-refractivity contribution in [3.05, 3.63) is 15.7 Å². The van der Waals surface area contributed by atoms with Crippen LogP contribution in [0.3, 0.4) is 0 Å². The molecule has 0 spiro atoms. The summed E-state index contributed by atoms with van der Waals surface area (Å²) in [6.07, 6.45) is 0. The van der Waals surface area contributed by atoms with Crippen LogP contribution in [0.5, 0.6) is 0 Å². The van der Waals surface area contributed by atoms with Gasteiger partial charge in [0.15, 0.2) is 5.82 Å². The molecule has 1 saturated heterocycles. The number of anilines is 1. The van der Waals surface area contributed by atoms with Gasteiger partial charge in [-0.05, 0) is 24.1 Å². The van der Waals surface area contributed by atoms with Crippen LogP contribution in [0.2, 0.25) is 5.28 Å². The second-order valence-corrected chi connectivity index (χ2v) is 5.84. The zero-order valence-corrected chi connectivity index (χ0v) is 12.1. The minimum atomic E-state index is 0.0209. The first-order valence-electron chi connectivity index (χ1n) is 6.09. The van der Waals surface area contributed by atoms with E-state index in [1.54, 1.807) is 0 Å². The second kappa shape index (κ2) is 5.20. The van der Waals surface area contributed by atoms with Crippen LogP contribution in [0.15, 0.2) is 0 Å². The van der Waals surface area contributed by atoms with Crippen molar-refractivity contribution >= 4 is 39.0 Å². The molecule has 1 aliphatic rings. The molecule has 0 aliphatic carbocycles. The molecular weight excluding hydrogens is 286 g/mol. The van der Waals surface area contributed by atoms with E-state index in [9.17, 15) is 5.11 Å². The highest BCUT2D eigenvalue weighted by Crippen LogP contribution is 2.36. The lowest BCUT2D eigenvalue weighted by atomic mass is 10.2. The SMILES string of the molecule is Cc1c(CO)sc2c(N3CCOCC3)nc(Cl)nc12. The van der Waals surface area contributed by atoms with Crippen molar-refractivity contribution in [2.24, 2.45) is 0 Å². The Bertz CT molecular complexity index is 611. The average molecular weight is 300 g/mol. The molecule has 102 valence electrons. The molecule has 5 nitrogen and oxygen atoms in total. The molecule has 0 saturated carbocycles. The quantitative estimate of drug-likeness (QED) is 0.859. The number of morpholine rings is 1. The molecule has 0 atom stereocenters. The predicted octanol–water partition coefficient (Wildman–Crippen LogP) is 1.98. The molecular formula is C12H14ClN3O2S. The first kappa shape index (κ1) is 13.1. The van der Waals surface area contributed by atoms with Crippen molar-refractivity contribution in [2.45, 2.75) is 13.5 Å². The average Bonchev–Trinajstić information content (AvgIpc) is 2.76. The van der Waals surface area contributed by atoms with Gasteiger partial charge >= 0.3 is 0 Å². The standard InChI is InChI=1S/C12H14ClN3O2S/c1-7-8(6-17)19-10-9(7)14-12(13)15-11(10)16-2-4-18-5-3-16/h17H,2-6H2,1H3. The van der Waals surface area contributed by atoms with E-state index in [-0.39, 0.29) is 11.9 Å². The number of rotatable bonds is 2. The summed E-state index contributed by atoms with van der Waals surface area (Å²) in [6, 6.07) is 0. The number of nitrogens with zero attached hydrogens (tertiary/aromatic N) is 3. The molecule has 1 aliphatic heterocycles. The Balaban J connectivity index is 2.17. The smallest absolute Gasteiger partial charge is 0.224 e. The number of thiophene rings is 1. The highest BCUT2D eigenvalue weighted by molar-refractivity contribution is 7.19. The minimum Gasteiger partial charge on any atom is -0.391 e. The van der Waals surface area contributed by atoms with Crippen LogP contribution >= 0.6 is 22.9 Å². The van der Waals surface area contributed by atoms with E-state index < -0.39 is 0 Å². The Morgan fingerprint density at radius 1 is 1.37 bits per heavy atom. The Morgan fingerprint density at radius 2 is 2.11 bits per heavy atom. The lowest BCUT2D eigenvalue weighted by Crippen LogP contribution is -2.36. The Morgan fingerprint density at radius 3 is 2.79 bits per heavy atom. The van der Waals surface area contributed by atoms with Crippen molar-refractivity contribution in [3.8, 4) is 0 Å². The van der Waals surface area contributed by atoms with Gasteiger partial charge in [-0.1, -0.05) is 0 Å². The number of ether oxygens (including phenoxy) is 1. The van der Waals surface area contributed by atoms with Gasteiger partial charge in [-0.3, -0.25) is 0 Å². The van der Waals surface area contributed by atoms with Gasteiger partial charge in [-0.2, -0.15) is 4.98 Å². The number of halogens is 1. The van der Waals surface area contributed by atoms with Crippen molar-refractivity contribution < 1.29 is 9.84 Å². The number of aliphatic hydroxyl groups excluding tert-OH is 1. The van der Waals surface area contributed by atoms with Crippen LogP contribution in [-0.2, 0) is 11.3 Å². The van der Waals surface area contributed by atoms with Crippen molar-refractivity contribution in [2.75, 3.05) is 31.2 Å². The van der Waals surface area contributed by atoms with Gasteiger partial charge in [-0.15, -0.1) is 11.3 Å². The van der Waals surface area contributed by atoms with Crippen LogP contribution in [0.25, 0.3) is 10.2 Å². The van der Waals surface area contributed by atoms with Gasteiger partial charge in [-0.25, -0.2) is 4.98 Å². The van der Waals surface area contributed by atoms with Crippen LogP contribution in [0, 0.1) is 6.92 Å². The zero-order valence-electron chi connectivity index (χ0n) is 10.5. The lowest BCUT2D eigenvalue weighted by molar-refractivity contribution is 0.122. The summed E-state index contributed by atoms with van der Waals surface area (Å²) in [5.74, 6) is 0.853. The summed E-state index contributed by atoms with van der Waals surface area (Å²) in [5.41, 5.74) is 1.83. The maximum absolute atomic E-state index is 9.39. The normalized spacial score (nSPS) is 16.3. The van der Waals surface area contributed by atoms with Gasteiger partial charge in [0.25, 0.3) is 0 Å². The summed E-state index contributed by atoms with van der Waals surface area (Å²) >= 11 is 7.57. The molecule has 19 heavy (non-hydrogen) atoms. The topological polar surface area (TPSA) is 58.5 Å². The summed E-state index contributed by atoms with van der Waals surface area (Å²) in [4.78, 5) is 11.7. The van der Waals surface area contributed by atoms with Crippen molar-refractivity contribution in [1.29, 1.82) is 0 Å². The van der Waals surface area contributed by atoms with Gasteiger partial charge in [0.2, 0.25) is 5.28 Å². The Labute approximate surface area is 119 Å². The predicted molar refractivity (Wildman–Crippen MR) is 76.1 cm³/mol. The van der Waals surface area contributed by atoms with Crippen LogP contribution < -0.4 is 4.90 Å². The maximum Gasteiger partial charge on any atom is 0.224 e. The van der Waals surface area contributed by atoms with E-state index in [0.29, 0.717) is 13.2 Å². The summed E-state index contributed by atoms with van der Waals surface area (Å²) < 4.78 is 6.35. The molecule has 0 bridgehead atoms.